The van der Waals surface area contributed by atoms with Crippen molar-refractivity contribution < 1.29 is 4.74 Å². The summed E-state index contributed by atoms with van der Waals surface area (Å²) in [6.07, 6.45) is 1.72. The summed E-state index contributed by atoms with van der Waals surface area (Å²) in [5.41, 5.74) is 6.35. The van der Waals surface area contributed by atoms with Crippen LogP contribution < -0.4 is 10.3 Å². The first-order chi connectivity index (χ1) is 15.8. The van der Waals surface area contributed by atoms with Crippen LogP contribution in [-0.2, 0) is 0 Å². The lowest BCUT2D eigenvalue weighted by molar-refractivity contribution is 0.335. The molecule has 2 heterocycles. The van der Waals surface area contributed by atoms with Gasteiger partial charge in [0.1, 0.15) is 5.75 Å². The van der Waals surface area contributed by atoms with E-state index in [9.17, 15) is 4.79 Å². The number of nitrogens with zero attached hydrogens (tertiary/aromatic N) is 3. The van der Waals surface area contributed by atoms with Crippen molar-refractivity contribution in [2.24, 2.45) is 5.10 Å². The van der Waals surface area contributed by atoms with Crippen LogP contribution in [0.2, 0.25) is 0 Å². The van der Waals surface area contributed by atoms with E-state index in [4.69, 9.17) is 9.72 Å². The second-order valence-corrected chi connectivity index (χ2v) is 8.64. The van der Waals surface area contributed by atoms with E-state index in [2.05, 4.69) is 30.0 Å². The van der Waals surface area contributed by atoms with Gasteiger partial charge in [-0.15, -0.1) is 0 Å². The molecule has 0 spiro atoms. The molecule has 0 aliphatic rings. The minimum absolute atomic E-state index is 0.198. The maximum Gasteiger partial charge on any atom is 0.282 e. The molecular weight excluding hydrogens is 412 g/mol. The number of para-hydroxylation sites is 1. The maximum absolute atomic E-state index is 13.5. The summed E-state index contributed by atoms with van der Waals surface area (Å²) < 4.78 is 7.31. The fraction of sp³-hybridized carbons (Fsp3) is 0.296. The highest BCUT2D eigenvalue weighted by atomic mass is 16.5. The normalized spacial score (nSPS) is 11.7. The summed E-state index contributed by atoms with van der Waals surface area (Å²) in [5.74, 6) is 1.63. The Morgan fingerprint density at radius 3 is 2.58 bits per heavy atom. The third-order valence-corrected chi connectivity index (χ3v) is 5.78. The smallest absolute Gasteiger partial charge is 0.282 e. The molecule has 6 nitrogen and oxygen atoms in total. The van der Waals surface area contributed by atoms with Crippen LogP contribution >= 0.6 is 0 Å². The van der Waals surface area contributed by atoms with E-state index in [1.807, 2.05) is 58.0 Å². The monoisotopic (exact) mass is 442 g/mol. The predicted octanol–water partition coefficient (Wildman–Crippen LogP) is 5.72. The van der Waals surface area contributed by atoms with Crippen LogP contribution in [0.25, 0.3) is 22.3 Å². The number of fused-ring (bicyclic) bond motifs is 1. The van der Waals surface area contributed by atoms with Gasteiger partial charge in [-0.05, 0) is 75.1 Å². The van der Waals surface area contributed by atoms with E-state index in [1.165, 1.54) is 4.68 Å². The van der Waals surface area contributed by atoms with Gasteiger partial charge in [-0.1, -0.05) is 26.0 Å². The highest BCUT2D eigenvalue weighted by Crippen LogP contribution is 2.34. The molecule has 2 aromatic carbocycles. The Hall–Kier alpha value is -3.67. The average molecular weight is 443 g/mol. The van der Waals surface area contributed by atoms with Crippen molar-refractivity contribution in [3.05, 3.63) is 80.9 Å². The van der Waals surface area contributed by atoms with E-state index in [1.54, 1.807) is 12.3 Å². The number of hydrogen-bond acceptors (Lipinski definition) is 4. The van der Waals surface area contributed by atoms with E-state index in [0.29, 0.717) is 23.3 Å². The molecule has 0 radical (unpaired) electrons. The van der Waals surface area contributed by atoms with Crippen LogP contribution in [0.1, 0.15) is 54.8 Å². The molecule has 0 fully saturated rings. The Balaban J connectivity index is 1.99. The van der Waals surface area contributed by atoms with Crippen LogP contribution in [0.4, 0.5) is 0 Å². The first-order valence-corrected chi connectivity index (χ1v) is 11.3. The molecule has 170 valence electrons. The molecule has 0 saturated carbocycles. The number of hydrogen-bond donors (Lipinski definition) is 1. The average Bonchev–Trinajstić information content (AvgIpc) is 3.10. The minimum atomic E-state index is -0.198. The van der Waals surface area contributed by atoms with Crippen LogP contribution in [0.3, 0.4) is 0 Å². The van der Waals surface area contributed by atoms with Crippen molar-refractivity contribution in [2.75, 3.05) is 6.61 Å². The molecule has 0 aliphatic heterocycles. The zero-order chi connectivity index (χ0) is 23.7. The summed E-state index contributed by atoms with van der Waals surface area (Å²) >= 11 is 0. The molecule has 0 amide bonds. The van der Waals surface area contributed by atoms with E-state index in [0.717, 1.165) is 39.4 Å². The summed E-state index contributed by atoms with van der Waals surface area (Å²) in [4.78, 5) is 21.7. The topological polar surface area (TPSA) is 72.3 Å². The molecule has 1 N–H and O–H groups in total. The van der Waals surface area contributed by atoms with Crippen molar-refractivity contribution >= 4 is 17.1 Å². The van der Waals surface area contributed by atoms with Crippen LogP contribution in [0.5, 0.6) is 5.75 Å². The van der Waals surface area contributed by atoms with Gasteiger partial charge in [0, 0.05) is 22.5 Å². The molecule has 0 aliphatic carbocycles. The van der Waals surface area contributed by atoms with Gasteiger partial charge >= 0.3 is 0 Å². The van der Waals surface area contributed by atoms with E-state index in [-0.39, 0.29) is 11.5 Å². The fourth-order valence-corrected chi connectivity index (χ4v) is 4.08. The molecule has 0 unspecified atom stereocenters. The quantitative estimate of drug-likeness (QED) is 0.388. The Morgan fingerprint density at radius 2 is 1.91 bits per heavy atom. The summed E-state index contributed by atoms with van der Waals surface area (Å²) in [6, 6.07) is 13.5. The molecule has 0 saturated heterocycles. The number of aromatic nitrogens is 3. The number of H-pyrrole nitrogens is 1. The molecule has 4 aromatic rings. The van der Waals surface area contributed by atoms with Gasteiger partial charge in [-0.3, -0.25) is 4.79 Å². The zero-order valence-corrected chi connectivity index (χ0v) is 20.1. The van der Waals surface area contributed by atoms with Gasteiger partial charge in [0.15, 0.2) is 5.82 Å². The number of benzene rings is 2. The van der Waals surface area contributed by atoms with Crippen LogP contribution in [0.15, 0.2) is 52.4 Å². The standard InChI is InChI=1S/C27H30N4O2/c1-7-33-25-12-17(4)23(14-22(25)16(2)3)26-30-24-11-9-8-10-21(24)27(32)31(26)28-15-20-13-18(5)29-19(20)6/h8-16,29H,7H2,1-6H3. The summed E-state index contributed by atoms with van der Waals surface area (Å²) in [7, 11) is 0. The highest BCUT2D eigenvalue weighted by molar-refractivity contribution is 5.83. The zero-order valence-electron chi connectivity index (χ0n) is 20.1. The van der Waals surface area contributed by atoms with E-state index >= 15 is 0 Å². The van der Waals surface area contributed by atoms with Crippen molar-refractivity contribution in [3.63, 3.8) is 0 Å². The van der Waals surface area contributed by atoms with Crippen molar-refractivity contribution in [1.82, 2.24) is 14.6 Å². The SMILES string of the molecule is CCOc1cc(C)c(-c2nc3ccccc3c(=O)n2N=Cc2cc(C)[nH]c2C)cc1C(C)C. The van der Waals surface area contributed by atoms with E-state index < -0.39 is 0 Å². The largest absolute Gasteiger partial charge is 0.494 e. The molecule has 0 bridgehead atoms. The lowest BCUT2D eigenvalue weighted by Crippen LogP contribution is -2.21. The van der Waals surface area contributed by atoms with Gasteiger partial charge in [0.2, 0.25) is 0 Å². The number of rotatable bonds is 6. The Morgan fingerprint density at radius 1 is 1.15 bits per heavy atom. The van der Waals surface area contributed by atoms with Crippen LogP contribution in [0, 0.1) is 20.8 Å². The summed E-state index contributed by atoms with van der Waals surface area (Å²) in [5, 5.41) is 5.15. The molecule has 4 rings (SSSR count). The predicted molar refractivity (Wildman–Crippen MR) is 135 cm³/mol. The molecule has 6 heteroatoms. The third kappa shape index (κ3) is 4.33. The van der Waals surface area contributed by atoms with Gasteiger partial charge < -0.3 is 9.72 Å². The molecular formula is C27H30N4O2. The second-order valence-electron chi connectivity index (χ2n) is 8.64. The fourth-order valence-electron chi connectivity index (χ4n) is 4.08. The second kappa shape index (κ2) is 9.06. The minimum Gasteiger partial charge on any atom is -0.494 e. The van der Waals surface area contributed by atoms with Gasteiger partial charge in [-0.2, -0.15) is 9.78 Å². The highest BCUT2D eigenvalue weighted by Gasteiger charge is 2.18. The summed E-state index contributed by atoms with van der Waals surface area (Å²) in [6.45, 7) is 12.8. The maximum atomic E-state index is 13.5. The first kappa shape index (κ1) is 22.5. The Kier molecular flexibility index (Phi) is 6.18. The number of aromatic amines is 1. The van der Waals surface area contributed by atoms with Crippen molar-refractivity contribution in [2.45, 2.75) is 47.5 Å². The lowest BCUT2D eigenvalue weighted by Gasteiger charge is -2.18. The van der Waals surface area contributed by atoms with Gasteiger partial charge in [0.05, 0.1) is 23.7 Å². The molecule has 2 aromatic heterocycles. The van der Waals surface area contributed by atoms with Crippen LogP contribution in [-0.4, -0.2) is 27.5 Å². The van der Waals surface area contributed by atoms with Gasteiger partial charge in [0.25, 0.3) is 5.56 Å². The third-order valence-electron chi connectivity index (χ3n) is 5.78. The number of nitrogens with one attached hydrogen (secondary N) is 1. The van der Waals surface area contributed by atoms with Crippen molar-refractivity contribution in [3.8, 4) is 17.1 Å². The number of ether oxygens (including phenoxy) is 1. The Labute approximate surface area is 194 Å². The molecule has 33 heavy (non-hydrogen) atoms. The first-order valence-electron chi connectivity index (χ1n) is 11.3. The Bertz CT molecular complexity index is 1410. The van der Waals surface area contributed by atoms with Crippen molar-refractivity contribution in [1.29, 1.82) is 0 Å². The number of aryl methyl sites for hydroxylation is 3. The lowest BCUT2D eigenvalue weighted by atomic mass is 9.96. The van der Waals surface area contributed by atoms with Gasteiger partial charge in [-0.25, -0.2) is 4.98 Å². The molecule has 0 atom stereocenters.